The van der Waals surface area contributed by atoms with Gasteiger partial charge in [-0.2, -0.15) is 5.10 Å². The van der Waals surface area contributed by atoms with Crippen molar-refractivity contribution in [2.75, 3.05) is 7.11 Å². The number of aromatic hydroxyl groups is 1. The number of non-ortho nitro benzene ring substituents is 1. The molecule has 0 unspecified atom stereocenters. The Balaban J connectivity index is 3.07. The van der Waals surface area contributed by atoms with E-state index in [-0.39, 0.29) is 17.0 Å². The van der Waals surface area contributed by atoms with E-state index >= 15 is 0 Å². The number of carbonyl (C=O) groups is 2. The van der Waals surface area contributed by atoms with Crippen LogP contribution in [0.25, 0.3) is 0 Å². The number of nitrogens with one attached hydrogen (secondary N) is 1. The molecule has 0 bridgehead atoms. The van der Waals surface area contributed by atoms with Crippen molar-refractivity contribution in [1.29, 1.82) is 0 Å². The lowest BCUT2D eigenvalue weighted by atomic mass is 10.2. The third-order valence-electron chi connectivity index (χ3n) is 2.11. The molecule has 10 heteroatoms. The van der Waals surface area contributed by atoms with Gasteiger partial charge in [0.15, 0.2) is 11.5 Å². The first-order valence-electron chi connectivity index (χ1n) is 5.05. The monoisotopic (exact) mass is 282 g/mol. The van der Waals surface area contributed by atoms with Gasteiger partial charge in [0.05, 0.1) is 24.3 Å². The van der Waals surface area contributed by atoms with E-state index in [1.165, 1.54) is 7.11 Å². The molecule has 1 aromatic rings. The molecule has 20 heavy (non-hydrogen) atoms. The standard InChI is InChI=1S/C10H10N4O6/c1-20-7-3-6(14(18)19)2-5(8(7)15)4-12-13-10(17)9(11)16/h2-4,15H,1H3,(H2,11,16)(H,13,17). The van der Waals surface area contributed by atoms with Crippen LogP contribution in [0.15, 0.2) is 17.2 Å². The van der Waals surface area contributed by atoms with Crippen molar-refractivity contribution in [2.24, 2.45) is 10.8 Å². The van der Waals surface area contributed by atoms with E-state index in [1.807, 2.05) is 0 Å². The van der Waals surface area contributed by atoms with Crippen LogP contribution in [0, 0.1) is 10.1 Å². The second-order valence-electron chi connectivity index (χ2n) is 3.41. The number of amides is 2. The maximum Gasteiger partial charge on any atom is 0.329 e. The van der Waals surface area contributed by atoms with Crippen LogP contribution in [-0.4, -0.2) is 35.2 Å². The molecular formula is C10H10N4O6. The van der Waals surface area contributed by atoms with Gasteiger partial charge in [0.1, 0.15) is 0 Å². The first kappa shape index (κ1) is 14.9. The summed E-state index contributed by atoms with van der Waals surface area (Å²) in [5.74, 6) is -2.96. The fourth-order valence-electron chi connectivity index (χ4n) is 1.19. The number of nitro groups is 1. The molecule has 0 fully saturated rings. The first-order chi connectivity index (χ1) is 9.36. The van der Waals surface area contributed by atoms with E-state index in [9.17, 15) is 24.8 Å². The van der Waals surface area contributed by atoms with Crippen molar-refractivity contribution in [3.05, 3.63) is 27.8 Å². The minimum atomic E-state index is -1.25. The highest BCUT2D eigenvalue weighted by Crippen LogP contribution is 2.33. The van der Waals surface area contributed by atoms with Crippen LogP contribution in [-0.2, 0) is 9.59 Å². The summed E-state index contributed by atoms with van der Waals surface area (Å²) in [6.45, 7) is 0. The number of nitro benzene ring substituents is 1. The number of nitrogens with two attached hydrogens (primary N) is 1. The fraction of sp³-hybridized carbons (Fsp3) is 0.100. The highest BCUT2D eigenvalue weighted by molar-refractivity contribution is 6.34. The van der Waals surface area contributed by atoms with E-state index in [0.717, 1.165) is 18.3 Å². The summed E-state index contributed by atoms with van der Waals surface area (Å²) in [5, 5.41) is 23.8. The number of hydrogen-bond acceptors (Lipinski definition) is 7. The molecule has 0 radical (unpaired) electrons. The number of primary amides is 1. The summed E-state index contributed by atoms with van der Waals surface area (Å²) in [4.78, 5) is 31.3. The van der Waals surface area contributed by atoms with Gasteiger partial charge in [-0.05, 0) is 0 Å². The molecule has 0 heterocycles. The van der Waals surface area contributed by atoms with E-state index in [4.69, 9.17) is 4.74 Å². The quantitative estimate of drug-likeness (QED) is 0.285. The summed E-state index contributed by atoms with van der Waals surface area (Å²) in [7, 11) is 1.22. The molecule has 0 aliphatic carbocycles. The molecule has 0 spiro atoms. The summed E-state index contributed by atoms with van der Waals surface area (Å²) in [6.07, 6.45) is 0.908. The predicted octanol–water partition coefficient (Wildman–Crippen LogP) is -0.756. The lowest BCUT2D eigenvalue weighted by Crippen LogP contribution is -2.32. The van der Waals surface area contributed by atoms with Crippen LogP contribution in [0.4, 0.5) is 5.69 Å². The summed E-state index contributed by atoms with van der Waals surface area (Å²) in [6, 6.07) is 2.03. The molecule has 1 rings (SSSR count). The van der Waals surface area contributed by atoms with Crippen LogP contribution in [0.1, 0.15) is 5.56 Å². The number of nitrogens with zero attached hydrogens (tertiary/aromatic N) is 2. The number of rotatable bonds is 4. The van der Waals surface area contributed by atoms with Crippen LogP contribution in [0.2, 0.25) is 0 Å². The van der Waals surface area contributed by atoms with Gasteiger partial charge in [0.2, 0.25) is 0 Å². The minimum Gasteiger partial charge on any atom is -0.504 e. The van der Waals surface area contributed by atoms with Crippen molar-refractivity contribution >= 4 is 23.7 Å². The van der Waals surface area contributed by atoms with Crippen LogP contribution in [0.3, 0.4) is 0 Å². The highest BCUT2D eigenvalue weighted by Gasteiger charge is 2.16. The average molecular weight is 282 g/mol. The maximum absolute atomic E-state index is 10.8. The van der Waals surface area contributed by atoms with Gasteiger partial charge < -0.3 is 15.6 Å². The lowest BCUT2D eigenvalue weighted by molar-refractivity contribution is -0.385. The lowest BCUT2D eigenvalue weighted by Gasteiger charge is -2.05. The molecule has 0 saturated heterocycles. The Labute approximate surface area is 112 Å². The van der Waals surface area contributed by atoms with Gasteiger partial charge in [0.25, 0.3) is 5.69 Å². The zero-order valence-corrected chi connectivity index (χ0v) is 10.2. The fourth-order valence-corrected chi connectivity index (χ4v) is 1.19. The molecular weight excluding hydrogens is 272 g/mol. The second kappa shape index (κ2) is 6.13. The van der Waals surface area contributed by atoms with Crippen LogP contribution >= 0.6 is 0 Å². The molecule has 10 nitrogen and oxygen atoms in total. The van der Waals surface area contributed by atoms with E-state index in [0.29, 0.717) is 0 Å². The van der Waals surface area contributed by atoms with Crippen molar-refractivity contribution in [3.63, 3.8) is 0 Å². The van der Waals surface area contributed by atoms with E-state index in [1.54, 1.807) is 5.43 Å². The molecule has 106 valence electrons. The molecule has 0 aliphatic rings. The van der Waals surface area contributed by atoms with Gasteiger partial charge in [-0.1, -0.05) is 0 Å². The second-order valence-corrected chi connectivity index (χ2v) is 3.41. The largest absolute Gasteiger partial charge is 0.504 e. The summed E-state index contributed by atoms with van der Waals surface area (Å²) in [5.41, 5.74) is 6.02. The third kappa shape index (κ3) is 3.41. The SMILES string of the molecule is COc1cc([N+](=O)[O-])cc(C=NNC(=O)C(N)=O)c1O. The van der Waals surface area contributed by atoms with Crippen molar-refractivity contribution in [2.45, 2.75) is 0 Å². The van der Waals surface area contributed by atoms with E-state index < -0.39 is 22.5 Å². The smallest absolute Gasteiger partial charge is 0.329 e. The van der Waals surface area contributed by atoms with Crippen molar-refractivity contribution in [3.8, 4) is 11.5 Å². The Hall–Kier alpha value is -3.17. The molecule has 4 N–H and O–H groups in total. The average Bonchev–Trinajstić information content (AvgIpc) is 2.39. The normalized spacial score (nSPS) is 10.2. The highest BCUT2D eigenvalue weighted by atomic mass is 16.6. The first-order valence-corrected chi connectivity index (χ1v) is 5.05. The molecule has 0 aromatic heterocycles. The Bertz CT molecular complexity index is 598. The Morgan fingerprint density at radius 1 is 1.55 bits per heavy atom. The molecule has 0 aliphatic heterocycles. The van der Waals surface area contributed by atoms with Crippen molar-refractivity contribution in [1.82, 2.24) is 5.43 Å². The molecule has 0 atom stereocenters. The number of hydrogen-bond donors (Lipinski definition) is 3. The number of phenolic OH excluding ortho intramolecular Hbond substituents is 1. The van der Waals surface area contributed by atoms with Gasteiger partial charge in [-0.3, -0.25) is 19.7 Å². The third-order valence-corrected chi connectivity index (χ3v) is 2.11. The van der Waals surface area contributed by atoms with Gasteiger partial charge in [-0.15, -0.1) is 0 Å². The van der Waals surface area contributed by atoms with Crippen LogP contribution in [0.5, 0.6) is 11.5 Å². The molecule has 2 amide bonds. The Kier molecular flexibility index (Phi) is 4.56. The molecule has 1 aromatic carbocycles. The number of hydrazone groups is 1. The number of phenols is 1. The number of ether oxygens (including phenoxy) is 1. The number of benzene rings is 1. The maximum atomic E-state index is 10.8. The predicted molar refractivity (Wildman–Crippen MR) is 66.2 cm³/mol. The van der Waals surface area contributed by atoms with Crippen molar-refractivity contribution < 1.29 is 24.4 Å². The zero-order valence-electron chi connectivity index (χ0n) is 10.2. The Morgan fingerprint density at radius 2 is 2.20 bits per heavy atom. The van der Waals surface area contributed by atoms with Gasteiger partial charge >= 0.3 is 11.8 Å². The summed E-state index contributed by atoms with van der Waals surface area (Å²) >= 11 is 0. The number of carbonyl (C=O) groups excluding carboxylic acids is 2. The Morgan fingerprint density at radius 3 is 2.70 bits per heavy atom. The summed E-state index contributed by atoms with van der Waals surface area (Å²) < 4.78 is 4.76. The topological polar surface area (TPSA) is 157 Å². The van der Waals surface area contributed by atoms with E-state index in [2.05, 4.69) is 10.8 Å². The minimum absolute atomic E-state index is 0.0826. The van der Waals surface area contributed by atoms with Gasteiger partial charge in [-0.25, -0.2) is 5.43 Å². The number of methoxy groups -OCH3 is 1. The molecule has 0 saturated carbocycles. The zero-order chi connectivity index (χ0) is 15.3. The van der Waals surface area contributed by atoms with Crippen LogP contribution < -0.4 is 15.9 Å². The van der Waals surface area contributed by atoms with Gasteiger partial charge in [0, 0.05) is 11.6 Å².